The minimum absolute atomic E-state index is 0.0865. The number of halogens is 1. The highest BCUT2D eigenvalue weighted by atomic mass is 35.5. The molecule has 1 aromatic carbocycles. The maximum absolute atomic E-state index is 12.4. The molecule has 4 heteroatoms. The van der Waals surface area contributed by atoms with Gasteiger partial charge in [0, 0.05) is 16.8 Å². The van der Waals surface area contributed by atoms with Gasteiger partial charge in [0.2, 0.25) is 0 Å². The number of hydrogen-bond donors (Lipinski definition) is 2. The maximum atomic E-state index is 12.4. The van der Waals surface area contributed by atoms with E-state index in [0.717, 1.165) is 6.42 Å². The first-order valence-electron chi connectivity index (χ1n) is 7.47. The van der Waals surface area contributed by atoms with Crippen molar-refractivity contribution < 1.29 is 4.79 Å². The van der Waals surface area contributed by atoms with E-state index in [4.69, 9.17) is 17.3 Å². The number of carbonyl (C=O) groups is 1. The number of amides is 1. The predicted molar refractivity (Wildman–Crippen MR) is 84.0 cm³/mol. The largest absolute Gasteiger partial charge is 0.398 e. The Hall–Kier alpha value is -1.22. The molecule has 1 aromatic rings. The number of benzene rings is 1. The van der Waals surface area contributed by atoms with Crippen LogP contribution < -0.4 is 11.1 Å². The molecule has 0 saturated heterocycles. The van der Waals surface area contributed by atoms with Crippen molar-refractivity contribution in [1.82, 2.24) is 5.32 Å². The molecule has 1 saturated carbocycles. The van der Waals surface area contributed by atoms with Gasteiger partial charge in [-0.15, -0.1) is 0 Å². The van der Waals surface area contributed by atoms with Crippen LogP contribution in [0, 0.1) is 5.92 Å². The average molecular weight is 295 g/mol. The van der Waals surface area contributed by atoms with Gasteiger partial charge < -0.3 is 11.1 Å². The van der Waals surface area contributed by atoms with Crippen molar-refractivity contribution in [1.29, 1.82) is 0 Å². The highest BCUT2D eigenvalue weighted by Gasteiger charge is 2.24. The normalized spacial score (nSPS) is 17.7. The van der Waals surface area contributed by atoms with Crippen molar-refractivity contribution in [3.05, 3.63) is 28.8 Å². The molecule has 1 aliphatic carbocycles. The second-order valence-electron chi connectivity index (χ2n) is 5.62. The van der Waals surface area contributed by atoms with Crippen LogP contribution in [0.1, 0.15) is 55.8 Å². The fourth-order valence-electron chi connectivity index (χ4n) is 3.08. The number of nitrogens with two attached hydrogens (primary N) is 1. The van der Waals surface area contributed by atoms with E-state index in [9.17, 15) is 4.79 Å². The van der Waals surface area contributed by atoms with Gasteiger partial charge in [-0.05, 0) is 43.4 Å². The van der Waals surface area contributed by atoms with Gasteiger partial charge in [0.05, 0.1) is 5.56 Å². The molecule has 3 nitrogen and oxygen atoms in total. The van der Waals surface area contributed by atoms with Crippen molar-refractivity contribution in [2.24, 2.45) is 5.92 Å². The summed E-state index contributed by atoms with van der Waals surface area (Å²) in [6.45, 7) is 2.13. The van der Waals surface area contributed by atoms with Crippen LogP contribution in [0.2, 0.25) is 5.02 Å². The van der Waals surface area contributed by atoms with Gasteiger partial charge in [-0.1, -0.05) is 37.8 Å². The molecule has 0 spiro atoms. The summed E-state index contributed by atoms with van der Waals surface area (Å²) in [7, 11) is 0. The molecule has 1 unspecified atom stereocenters. The summed E-state index contributed by atoms with van der Waals surface area (Å²) in [5, 5.41) is 3.71. The van der Waals surface area contributed by atoms with E-state index >= 15 is 0 Å². The minimum Gasteiger partial charge on any atom is -0.398 e. The summed E-state index contributed by atoms with van der Waals surface area (Å²) in [6.07, 6.45) is 7.28. The van der Waals surface area contributed by atoms with Crippen molar-refractivity contribution in [2.45, 2.75) is 51.5 Å². The number of anilines is 1. The first kappa shape index (κ1) is 15.2. The molecule has 1 amide bonds. The van der Waals surface area contributed by atoms with E-state index in [-0.39, 0.29) is 11.9 Å². The summed E-state index contributed by atoms with van der Waals surface area (Å²) < 4.78 is 0. The van der Waals surface area contributed by atoms with Crippen LogP contribution >= 0.6 is 11.6 Å². The second kappa shape index (κ2) is 6.98. The molecule has 1 aliphatic rings. The van der Waals surface area contributed by atoms with Crippen molar-refractivity contribution in [3.63, 3.8) is 0 Å². The van der Waals surface area contributed by atoms with E-state index in [0.29, 0.717) is 22.2 Å². The molecule has 1 atom stereocenters. The molecule has 0 aliphatic heterocycles. The summed E-state index contributed by atoms with van der Waals surface area (Å²) in [4.78, 5) is 12.4. The Balaban J connectivity index is 2.04. The zero-order chi connectivity index (χ0) is 14.5. The Morgan fingerprint density at radius 2 is 2.10 bits per heavy atom. The predicted octanol–water partition coefficient (Wildman–Crippen LogP) is 4.01. The quantitative estimate of drug-likeness (QED) is 0.824. The van der Waals surface area contributed by atoms with Crippen LogP contribution in [-0.2, 0) is 0 Å². The summed E-state index contributed by atoms with van der Waals surface area (Å²) >= 11 is 5.86. The summed E-state index contributed by atoms with van der Waals surface area (Å²) in [5.41, 5.74) is 6.83. The van der Waals surface area contributed by atoms with Gasteiger partial charge in [-0.3, -0.25) is 4.79 Å². The third kappa shape index (κ3) is 3.66. The van der Waals surface area contributed by atoms with Gasteiger partial charge in [0.1, 0.15) is 0 Å². The van der Waals surface area contributed by atoms with Gasteiger partial charge >= 0.3 is 0 Å². The van der Waals surface area contributed by atoms with Crippen LogP contribution in [0.15, 0.2) is 18.2 Å². The first-order chi connectivity index (χ1) is 9.61. The van der Waals surface area contributed by atoms with Crippen LogP contribution in [0.3, 0.4) is 0 Å². The molecular formula is C16H23ClN2O. The van der Waals surface area contributed by atoms with Crippen LogP contribution in [0.25, 0.3) is 0 Å². The molecule has 0 radical (unpaired) electrons. The van der Waals surface area contributed by atoms with E-state index in [1.54, 1.807) is 18.2 Å². The molecule has 2 rings (SSSR count). The fourth-order valence-corrected chi connectivity index (χ4v) is 3.26. The molecule has 0 heterocycles. The lowest BCUT2D eigenvalue weighted by molar-refractivity contribution is 0.0912. The Morgan fingerprint density at radius 1 is 1.40 bits per heavy atom. The lowest BCUT2D eigenvalue weighted by Gasteiger charge is -2.30. The molecular weight excluding hydrogens is 272 g/mol. The highest BCUT2D eigenvalue weighted by Crippen LogP contribution is 2.28. The summed E-state index contributed by atoms with van der Waals surface area (Å²) in [6, 6.07) is 5.27. The van der Waals surface area contributed by atoms with Gasteiger partial charge in [-0.25, -0.2) is 0 Å². The molecule has 3 N–H and O–H groups in total. The van der Waals surface area contributed by atoms with Crippen LogP contribution in [-0.4, -0.2) is 11.9 Å². The van der Waals surface area contributed by atoms with Crippen LogP contribution in [0.4, 0.5) is 5.69 Å². The Bertz CT molecular complexity index is 470. The average Bonchev–Trinajstić information content (AvgIpc) is 2.45. The van der Waals surface area contributed by atoms with Crippen molar-refractivity contribution in [2.75, 3.05) is 5.73 Å². The van der Waals surface area contributed by atoms with Crippen molar-refractivity contribution >= 4 is 23.2 Å². The fraction of sp³-hybridized carbons (Fsp3) is 0.562. The lowest BCUT2D eigenvalue weighted by atomic mass is 9.83. The molecule has 20 heavy (non-hydrogen) atoms. The Morgan fingerprint density at radius 3 is 2.70 bits per heavy atom. The third-order valence-electron chi connectivity index (χ3n) is 4.23. The molecule has 1 fully saturated rings. The number of hydrogen-bond acceptors (Lipinski definition) is 2. The smallest absolute Gasteiger partial charge is 0.253 e. The third-order valence-corrected chi connectivity index (χ3v) is 4.47. The number of rotatable bonds is 4. The molecule has 0 aromatic heterocycles. The standard InChI is InChI=1S/C16H23ClN2O/c1-2-15(11-6-4-3-5-7-11)19-16(20)13-9-8-12(17)10-14(13)18/h8-11,15H,2-7,18H2,1H3,(H,19,20). The minimum atomic E-state index is -0.0865. The number of nitrogens with one attached hydrogen (secondary N) is 1. The monoisotopic (exact) mass is 294 g/mol. The second-order valence-corrected chi connectivity index (χ2v) is 6.05. The molecule has 110 valence electrons. The van der Waals surface area contributed by atoms with E-state index in [1.807, 2.05) is 0 Å². The first-order valence-corrected chi connectivity index (χ1v) is 7.85. The van der Waals surface area contributed by atoms with E-state index in [2.05, 4.69) is 12.2 Å². The Kier molecular flexibility index (Phi) is 5.30. The number of carbonyl (C=O) groups excluding carboxylic acids is 1. The lowest BCUT2D eigenvalue weighted by Crippen LogP contribution is -2.40. The Labute approximate surface area is 125 Å². The van der Waals surface area contributed by atoms with E-state index in [1.165, 1.54) is 32.1 Å². The van der Waals surface area contributed by atoms with Gasteiger partial charge in [-0.2, -0.15) is 0 Å². The van der Waals surface area contributed by atoms with Crippen LogP contribution in [0.5, 0.6) is 0 Å². The van der Waals surface area contributed by atoms with Crippen molar-refractivity contribution in [3.8, 4) is 0 Å². The van der Waals surface area contributed by atoms with E-state index < -0.39 is 0 Å². The van der Waals surface area contributed by atoms with Gasteiger partial charge in [0.25, 0.3) is 5.91 Å². The highest BCUT2D eigenvalue weighted by molar-refractivity contribution is 6.31. The maximum Gasteiger partial charge on any atom is 0.253 e. The zero-order valence-electron chi connectivity index (χ0n) is 12.0. The SMILES string of the molecule is CCC(NC(=O)c1ccc(Cl)cc1N)C1CCCCC1. The molecule has 0 bridgehead atoms. The van der Waals surface area contributed by atoms with Gasteiger partial charge in [0.15, 0.2) is 0 Å². The summed E-state index contributed by atoms with van der Waals surface area (Å²) in [5.74, 6) is 0.516. The number of nitrogen functional groups attached to an aromatic ring is 1. The zero-order valence-corrected chi connectivity index (χ0v) is 12.7. The topological polar surface area (TPSA) is 55.1 Å².